The number of benzene rings is 1. The van der Waals surface area contributed by atoms with E-state index in [4.69, 9.17) is 11.6 Å². The summed E-state index contributed by atoms with van der Waals surface area (Å²) in [6.07, 6.45) is 15.8. The summed E-state index contributed by atoms with van der Waals surface area (Å²) in [5, 5.41) is 10.9. The fraction of sp³-hybridized carbons (Fsp3) is 0.364. The number of piperidine rings is 1. The molecule has 0 radical (unpaired) electrons. The van der Waals surface area contributed by atoms with Gasteiger partial charge < -0.3 is 4.90 Å². The molecule has 1 saturated heterocycles. The maximum Gasteiger partial charge on any atom is 0.103 e. The Morgan fingerprint density at radius 2 is 1.80 bits per heavy atom. The Kier molecular flexibility index (Phi) is 4.23. The number of fused-ring (bicyclic) bond motifs is 1. The van der Waals surface area contributed by atoms with Gasteiger partial charge in [0.15, 0.2) is 0 Å². The molecule has 2 aliphatic rings. The molecule has 0 amide bonds. The topological polar surface area (TPSA) is 64.7 Å². The van der Waals surface area contributed by atoms with Crippen LogP contribution in [0.5, 0.6) is 0 Å². The summed E-state index contributed by atoms with van der Waals surface area (Å²) in [6, 6.07) is 4.75. The highest BCUT2D eigenvalue weighted by Gasteiger charge is 2.26. The highest BCUT2D eigenvalue weighted by Crippen LogP contribution is 2.37. The first-order valence-corrected chi connectivity index (χ1v) is 10.9. The molecule has 6 rings (SSSR count). The van der Waals surface area contributed by atoms with E-state index in [9.17, 15) is 0 Å². The second-order valence-electron chi connectivity index (χ2n) is 8.22. The van der Waals surface area contributed by atoms with Gasteiger partial charge in [0.2, 0.25) is 0 Å². The number of hydrogen-bond acceptors (Lipinski definition) is 5. The van der Waals surface area contributed by atoms with Crippen molar-refractivity contribution >= 4 is 28.2 Å². The van der Waals surface area contributed by atoms with E-state index in [0.717, 1.165) is 58.9 Å². The van der Waals surface area contributed by atoms with Crippen LogP contribution in [0.15, 0.2) is 49.3 Å². The molecule has 4 aromatic rings. The molecule has 3 aromatic heterocycles. The fourth-order valence-corrected chi connectivity index (χ4v) is 4.69. The summed E-state index contributed by atoms with van der Waals surface area (Å²) < 4.78 is 4.02. The van der Waals surface area contributed by atoms with E-state index in [1.54, 1.807) is 12.4 Å². The summed E-state index contributed by atoms with van der Waals surface area (Å²) in [6.45, 7) is 1.89. The maximum atomic E-state index is 6.68. The van der Waals surface area contributed by atoms with E-state index < -0.39 is 0 Å². The Balaban J connectivity index is 1.29. The Hall–Kier alpha value is -2.93. The zero-order valence-electron chi connectivity index (χ0n) is 16.5. The number of aromatic nitrogens is 6. The van der Waals surface area contributed by atoms with Gasteiger partial charge in [0.25, 0.3) is 0 Å². The van der Waals surface area contributed by atoms with Crippen LogP contribution in [0.4, 0.5) is 5.69 Å². The maximum absolute atomic E-state index is 6.68. The minimum Gasteiger partial charge on any atom is -0.370 e. The molecule has 4 heterocycles. The molecule has 1 aliphatic heterocycles. The van der Waals surface area contributed by atoms with Crippen LogP contribution in [0.25, 0.3) is 16.6 Å². The number of nitrogens with zero attached hydrogens (tertiary/aromatic N) is 7. The molecule has 7 nitrogen and oxygen atoms in total. The molecular weight excluding hydrogens is 398 g/mol. The minimum absolute atomic E-state index is 0.455. The van der Waals surface area contributed by atoms with Gasteiger partial charge in [-0.05, 0) is 37.8 Å². The molecule has 0 atom stereocenters. The largest absolute Gasteiger partial charge is 0.370 e. The van der Waals surface area contributed by atoms with Gasteiger partial charge in [-0.2, -0.15) is 10.2 Å². The average Bonchev–Trinajstić information content (AvgIpc) is 3.38. The molecule has 0 unspecified atom stereocenters. The molecule has 1 saturated carbocycles. The molecule has 152 valence electrons. The van der Waals surface area contributed by atoms with Gasteiger partial charge in [0.1, 0.15) is 5.69 Å². The molecule has 1 aromatic carbocycles. The first-order chi connectivity index (χ1) is 14.8. The third-order valence-electron chi connectivity index (χ3n) is 6.23. The lowest BCUT2D eigenvalue weighted by atomic mass is 9.93. The minimum atomic E-state index is 0.455. The summed E-state index contributed by atoms with van der Waals surface area (Å²) >= 11 is 6.68. The average molecular weight is 420 g/mol. The molecule has 30 heavy (non-hydrogen) atoms. The quantitative estimate of drug-likeness (QED) is 0.491. The van der Waals surface area contributed by atoms with Crippen molar-refractivity contribution in [2.75, 3.05) is 18.0 Å². The molecule has 0 bridgehead atoms. The van der Waals surface area contributed by atoms with Gasteiger partial charge in [0.05, 0.1) is 46.6 Å². The lowest BCUT2D eigenvalue weighted by Crippen LogP contribution is -2.33. The highest BCUT2D eigenvalue weighted by molar-refractivity contribution is 6.34. The van der Waals surface area contributed by atoms with E-state index in [1.807, 2.05) is 29.3 Å². The molecule has 2 fully saturated rings. The van der Waals surface area contributed by atoms with Crippen LogP contribution in [0.2, 0.25) is 5.02 Å². The second kappa shape index (κ2) is 7.09. The van der Waals surface area contributed by atoms with Gasteiger partial charge in [-0.1, -0.05) is 11.6 Å². The van der Waals surface area contributed by atoms with E-state index in [-0.39, 0.29) is 0 Å². The zero-order chi connectivity index (χ0) is 20.1. The van der Waals surface area contributed by atoms with Crippen LogP contribution in [-0.4, -0.2) is 42.6 Å². The van der Waals surface area contributed by atoms with Gasteiger partial charge >= 0.3 is 0 Å². The van der Waals surface area contributed by atoms with Gasteiger partial charge in [-0.3, -0.25) is 14.6 Å². The third-order valence-corrected chi connectivity index (χ3v) is 6.53. The monoisotopic (exact) mass is 419 g/mol. The summed E-state index contributed by atoms with van der Waals surface area (Å²) in [7, 11) is 0. The van der Waals surface area contributed by atoms with Crippen LogP contribution < -0.4 is 4.90 Å². The number of halogens is 1. The Bertz CT molecular complexity index is 1190. The molecular formula is C22H22ClN7. The molecule has 0 N–H and O–H groups in total. The highest BCUT2D eigenvalue weighted by atomic mass is 35.5. The predicted molar refractivity (Wildman–Crippen MR) is 116 cm³/mol. The Morgan fingerprint density at radius 1 is 0.933 bits per heavy atom. The Labute approximate surface area is 179 Å². The van der Waals surface area contributed by atoms with Crippen molar-refractivity contribution in [1.82, 2.24) is 29.5 Å². The van der Waals surface area contributed by atoms with Gasteiger partial charge in [-0.15, -0.1) is 0 Å². The number of rotatable bonds is 4. The summed E-state index contributed by atoms with van der Waals surface area (Å²) in [4.78, 5) is 11.1. The van der Waals surface area contributed by atoms with E-state index in [1.165, 1.54) is 12.8 Å². The third kappa shape index (κ3) is 3.13. The standard InChI is InChI=1S/C22H22ClN7/c23-19-9-16-11-27-30(18-12-26-29(14-18)17-1-2-17)21(16)10-22(19)28-7-3-15(4-8-28)20-13-24-5-6-25-20/h5-6,9-15,17H,1-4,7-8H2. The smallest absolute Gasteiger partial charge is 0.103 e. The van der Waals surface area contributed by atoms with Crippen molar-refractivity contribution in [3.63, 3.8) is 0 Å². The van der Waals surface area contributed by atoms with E-state index >= 15 is 0 Å². The van der Waals surface area contributed by atoms with Crippen LogP contribution >= 0.6 is 11.6 Å². The fourth-order valence-electron chi connectivity index (χ4n) is 4.40. The lowest BCUT2D eigenvalue weighted by molar-refractivity contribution is 0.495. The summed E-state index contributed by atoms with van der Waals surface area (Å²) in [5.41, 5.74) is 4.20. The van der Waals surface area contributed by atoms with Crippen molar-refractivity contribution < 1.29 is 0 Å². The van der Waals surface area contributed by atoms with Crippen LogP contribution in [0, 0.1) is 0 Å². The van der Waals surface area contributed by atoms with Crippen LogP contribution in [0.3, 0.4) is 0 Å². The lowest BCUT2D eigenvalue weighted by Gasteiger charge is -2.33. The van der Waals surface area contributed by atoms with E-state index in [0.29, 0.717) is 12.0 Å². The second-order valence-corrected chi connectivity index (χ2v) is 8.63. The normalized spacial score (nSPS) is 17.7. The van der Waals surface area contributed by atoms with Crippen LogP contribution in [0.1, 0.15) is 43.3 Å². The molecule has 0 spiro atoms. The van der Waals surface area contributed by atoms with Gasteiger partial charge in [-0.25, -0.2) is 4.68 Å². The molecule has 1 aliphatic carbocycles. The first-order valence-electron chi connectivity index (χ1n) is 10.5. The zero-order valence-corrected chi connectivity index (χ0v) is 17.3. The van der Waals surface area contributed by atoms with Crippen molar-refractivity contribution in [1.29, 1.82) is 0 Å². The Morgan fingerprint density at radius 3 is 2.57 bits per heavy atom. The van der Waals surface area contributed by atoms with Crippen molar-refractivity contribution in [2.45, 2.75) is 37.6 Å². The van der Waals surface area contributed by atoms with Crippen molar-refractivity contribution in [3.05, 3.63) is 60.0 Å². The predicted octanol–water partition coefficient (Wildman–Crippen LogP) is 4.38. The van der Waals surface area contributed by atoms with Crippen LogP contribution in [-0.2, 0) is 0 Å². The SMILES string of the molecule is Clc1cc2cnn(-c3cnn(C4CC4)c3)c2cc1N1CCC(c2cnccn2)CC1. The summed E-state index contributed by atoms with van der Waals surface area (Å²) in [5.74, 6) is 0.455. The van der Waals surface area contributed by atoms with Crippen molar-refractivity contribution in [2.24, 2.45) is 0 Å². The number of anilines is 1. The van der Waals surface area contributed by atoms with Gasteiger partial charge in [0, 0.05) is 43.0 Å². The van der Waals surface area contributed by atoms with E-state index in [2.05, 4.69) is 42.0 Å². The van der Waals surface area contributed by atoms with Crippen molar-refractivity contribution in [3.8, 4) is 5.69 Å². The molecule has 8 heteroatoms. The first kappa shape index (κ1) is 17.9. The number of hydrogen-bond donors (Lipinski definition) is 0.